The molecule has 1 atom stereocenters. The molecule has 0 radical (unpaired) electrons. The van der Waals surface area contributed by atoms with Crippen LogP contribution in [-0.4, -0.2) is 29.8 Å². The van der Waals surface area contributed by atoms with Crippen molar-refractivity contribution in [3.05, 3.63) is 71.3 Å². The van der Waals surface area contributed by atoms with Crippen molar-refractivity contribution in [1.29, 1.82) is 0 Å². The van der Waals surface area contributed by atoms with Crippen molar-refractivity contribution in [1.82, 2.24) is 29.8 Å². The lowest BCUT2D eigenvalue weighted by molar-refractivity contribution is 0.594. The number of aromatic nitrogens is 6. The SMILES string of the molecule is Cn1nnc2cc([C@@H](c3ccc(Cl)cc3)n3cncn3)ccc21. The number of nitrogens with zero attached hydrogens (tertiary/aromatic N) is 6. The predicted octanol–water partition coefficient (Wildman–Crippen LogP) is 2.85. The summed E-state index contributed by atoms with van der Waals surface area (Å²) in [4.78, 5) is 4.07. The normalized spacial score (nSPS) is 12.6. The van der Waals surface area contributed by atoms with Crippen LogP contribution in [-0.2, 0) is 7.05 Å². The molecule has 0 aliphatic carbocycles. The number of hydrogen-bond acceptors (Lipinski definition) is 4. The molecular weight excluding hydrogens is 312 g/mol. The topological polar surface area (TPSA) is 61.4 Å². The van der Waals surface area contributed by atoms with Gasteiger partial charge < -0.3 is 0 Å². The van der Waals surface area contributed by atoms with Crippen LogP contribution >= 0.6 is 11.6 Å². The first-order chi connectivity index (χ1) is 11.2. The fraction of sp³-hybridized carbons (Fsp3) is 0.125. The lowest BCUT2D eigenvalue weighted by atomic mass is 9.98. The van der Waals surface area contributed by atoms with Crippen LogP contribution in [0.5, 0.6) is 0 Å². The Labute approximate surface area is 137 Å². The Balaban J connectivity index is 1.88. The van der Waals surface area contributed by atoms with E-state index >= 15 is 0 Å². The van der Waals surface area contributed by atoms with E-state index in [0.29, 0.717) is 5.02 Å². The fourth-order valence-corrected chi connectivity index (χ4v) is 2.85. The Morgan fingerprint density at radius 3 is 2.57 bits per heavy atom. The van der Waals surface area contributed by atoms with E-state index in [-0.39, 0.29) is 6.04 Å². The van der Waals surface area contributed by atoms with E-state index in [0.717, 1.165) is 22.2 Å². The van der Waals surface area contributed by atoms with Crippen LogP contribution in [0.4, 0.5) is 0 Å². The quantitative estimate of drug-likeness (QED) is 0.581. The Hall–Kier alpha value is -2.73. The zero-order valence-corrected chi connectivity index (χ0v) is 13.1. The monoisotopic (exact) mass is 324 g/mol. The molecule has 0 saturated heterocycles. The van der Waals surface area contributed by atoms with Gasteiger partial charge in [-0.15, -0.1) is 5.10 Å². The van der Waals surface area contributed by atoms with Gasteiger partial charge in [0.05, 0.1) is 5.52 Å². The predicted molar refractivity (Wildman–Crippen MR) is 87.2 cm³/mol. The summed E-state index contributed by atoms with van der Waals surface area (Å²) in [5.74, 6) is 0. The zero-order valence-electron chi connectivity index (χ0n) is 12.3. The number of halogens is 1. The number of benzene rings is 2. The first-order valence-corrected chi connectivity index (χ1v) is 7.49. The summed E-state index contributed by atoms with van der Waals surface area (Å²) < 4.78 is 3.58. The summed E-state index contributed by atoms with van der Waals surface area (Å²) in [5, 5.41) is 13.3. The summed E-state index contributed by atoms with van der Waals surface area (Å²) >= 11 is 6.01. The highest BCUT2D eigenvalue weighted by molar-refractivity contribution is 6.30. The number of fused-ring (bicyclic) bond motifs is 1. The van der Waals surface area contributed by atoms with Crippen molar-refractivity contribution >= 4 is 22.6 Å². The maximum Gasteiger partial charge on any atom is 0.137 e. The van der Waals surface area contributed by atoms with Gasteiger partial charge in [-0.25, -0.2) is 14.3 Å². The third-order valence-electron chi connectivity index (χ3n) is 3.84. The molecule has 4 aromatic rings. The molecule has 6 nitrogen and oxygen atoms in total. The van der Waals surface area contributed by atoms with E-state index in [4.69, 9.17) is 11.6 Å². The summed E-state index contributed by atoms with van der Waals surface area (Å²) in [5.41, 5.74) is 3.97. The second-order valence-electron chi connectivity index (χ2n) is 5.29. The molecule has 4 rings (SSSR count). The summed E-state index contributed by atoms with van der Waals surface area (Å²) in [6.45, 7) is 0. The Morgan fingerprint density at radius 1 is 1.04 bits per heavy atom. The van der Waals surface area contributed by atoms with Gasteiger partial charge in [0.1, 0.15) is 24.2 Å². The summed E-state index contributed by atoms with van der Waals surface area (Å²) in [6.07, 6.45) is 3.24. The van der Waals surface area contributed by atoms with Crippen LogP contribution in [0.3, 0.4) is 0 Å². The van der Waals surface area contributed by atoms with Crippen LogP contribution < -0.4 is 0 Å². The van der Waals surface area contributed by atoms with Gasteiger partial charge in [0.25, 0.3) is 0 Å². The van der Waals surface area contributed by atoms with E-state index in [1.165, 1.54) is 6.33 Å². The molecule has 0 spiro atoms. The third-order valence-corrected chi connectivity index (χ3v) is 4.09. The molecule has 0 N–H and O–H groups in total. The van der Waals surface area contributed by atoms with Gasteiger partial charge in [0, 0.05) is 12.1 Å². The summed E-state index contributed by atoms with van der Waals surface area (Å²) in [6, 6.07) is 13.8. The van der Waals surface area contributed by atoms with Crippen LogP contribution in [0.25, 0.3) is 11.0 Å². The van der Waals surface area contributed by atoms with Gasteiger partial charge in [0.2, 0.25) is 0 Å². The standard InChI is InChI=1S/C16H13ClN6/c1-22-15-7-4-12(8-14(15)20-21-22)16(23-10-18-9-19-23)11-2-5-13(17)6-3-11/h2-10,16H,1H3/t16-/m1/s1. The Kier molecular flexibility index (Phi) is 3.31. The molecule has 7 heteroatoms. The highest BCUT2D eigenvalue weighted by Gasteiger charge is 2.18. The molecule has 114 valence electrons. The van der Waals surface area contributed by atoms with E-state index in [9.17, 15) is 0 Å². The molecule has 2 heterocycles. The summed E-state index contributed by atoms with van der Waals surface area (Å²) in [7, 11) is 1.88. The average molecular weight is 325 g/mol. The molecular formula is C16H13ClN6. The van der Waals surface area contributed by atoms with Crippen molar-refractivity contribution in [2.45, 2.75) is 6.04 Å². The Bertz CT molecular complexity index is 943. The third kappa shape index (κ3) is 2.47. The van der Waals surface area contributed by atoms with Crippen molar-refractivity contribution in [2.75, 3.05) is 0 Å². The van der Waals surface area contributed by atoms with Crippen LogP contribution in [0.2, 0.25) is 5.02 Å². The minimum Gasteiger partial charge on any atom is -0.248 e. The first kappa shape index (κ1) is 13.9. The van der Waals surface area contributed by atoms with E-state index in [1.54, 1.807) is 11.0 Å². The molecule has 2 aromatic heterocycles. The molecule has 0 amide bonds. The van der Waals surface area contributed by atoms with Crippen LogP contribution in [0.15, 0.2) is 55.1 Å². The fourth-order valence-electron chi connectivity index (χ4n) is 2.72. The Morgan fingerprint density at radius 2 is 1.83 bits per heavy atom. The number of rotatable bonds is 3. The van der Waals surface area contributed by atoms with E-state index < -0.39 is 0 Å². The van der Waals surface area contributed by atoms with Gasteiger partial charge in [-0.2, -0.15) is 5.10 Å². The van der Waals surface area contributed by atoms with Crippen molar-refractivity contribution < 1.29 is 0 Å². The lowest BCUT2D eigenvalue weighted by Gasteiger charge is -2.18. The second kappa shape index (κ2) is 5.48. The molecule has 0 unspecified atom stereocenters. The van der Waals surface area contributed by atoms with Gasteiger partial charge in [-0.3, -0.25) is 0 Å². The molecule has 2 aromatic carbocycles. The minimum atomic E-state index is -0.0961. The molecule has 0 saturated carbocycles. The largest absolute Gasteiger partial charge is 0.248 e. The molecule has 0 aliphatic rings. The average Bonchev–Trinajstić information content (AvgIpc) is 3.20. The van der Waals surface area contributed by atoms with Gasteiger partial charge in [0.15, 0.2) is 0 Å². The maximum atomic E-state index is 6.01. The number of hydrogen-bond donors (Lipinski definition) is 0. The molecule has 23 heavy (non-hydrogen) atoms. The highest BCUT2D eigenvalue weighted by atomic mass is 35.5. The van der Waals surface area contributed by atoms with Crippen LogP contribution in [0, 0.1) is 0 Å². The van der Waals surface area contributed by atoms with Crippen molar-refractivity contribution in [3.8, 4) is 0 Å². The second-order valence-corrected chi connectivity index (χ2v) is 5.73. The van der Waals surface area contributed by atoms with Crippen molar-refractivity contribution in [2.24, 2.45) is 7.05 Å². The maximum absolute atomic E-state index is 6.01. The molecule has 0 bridgehead atoms. The minimum absolute atomic E-state index is 0.0961. The van der Waals surface area contributed by atoms with Gasteiger partial charge in [-0.05, 0) is 35.4 Å². The van der Waals surface area contributed by atoms with E-state index in [2.05, 4.69) is 26.5 Å². The highest BCUT2D eigenvalue weighted by Crippen LogP contribution is 2.28. The smallest absolute Gasteiger partial charge is 0.137 e. The van der Waals surface area contributed by atoms with E-state index in [1.807, 2.05) is 48.1 Å². The van der Waals surface area contributed by atoms with Crippen LogP contribution in [0.1, 0.15) is 17.2 Å². The van der Waals surface area contributed by atoms with Crippen molar-refractivity contribution in [3.63, 3.8) is 0 Å². The lowest BCUT2D eigenvalue weighted by Crippen LogP contribution is -2.13. The van der Waals surface area contributed by atoms with Gasteiger partial charge >= 0.3 is 0 Å². The number of aryl methyl sites for hydroxylation is 1. The first-order valence-electron chi connectivity index (χ1n) is 7.11. The molecule has 0 aliphatic heterocycles. The zero-order chi connectivity index (χ0) is 15.8. The van der Waals surface area contributed by atoms with Gasteiger partial charge in [-0.1, -0.05) is 35.0 Å². The molecule has 0 fully saturated rings.